The first-order valence-electron chi connectivity index (χ1n) is 3.98. The smallest absolute Gasteiger partial charge is 0.354 e. The highest BCUT2D eigenvalue weighted by Crippen LogP contribution is 1.98. The number of halogens is 1. The third-order valence-corrected chi connectivity index (χ3v) is 1.83. The molecular formula is C10H8BrNO2. The lowest BCUT2D eigenvalue weighted by molar-refractivity contribution is 0.0690. The van der Waals surface area contributed by atoms with Crippen molar-refractivity contribution in [3.8, 4) is 11.8 Å². The van der Waals surface area contributed by atoms with Gasteiger partial charge in [-0.3, -0.25) is 0 Å². The highest BCUT2D eigenvalue weighted by Gasteiger charge is 2.01. The minimum Gasteiger partial charge on any atom is -0.477 e. The topological polar surface area (TPSA) is 50.2 Å². The fraction of sp³-hybridized carbons (Fsp3) is 0.200. The van der Waals surface area contributed by atoms with E-state index in [9.17, 15) is 4.79 Å². The molecule has 0 aromatic carbocycles. The molecular weight excluding hydrogens is 246 g/mol. The Kier molecular flexibility index (Phi) is 4.14. The molecule has 3 nitrogen and oxygen atoms in total. The van der Waals surface area contributed by atoms with Crippen LogP contribution in [0.25, 0.3) is 0 Å². The van der Waals surface area contributed by atoms with Gasteiger partial charge in [0, 0.05) is 23.5 Å². The number of carboxylic acid groups (broad SMARTS) is 1. The zero-order valence-corrected chi connectivity index (χ0v) is 8.91. The summed E-state index contributed by atoms with van der Waals surface area (Å²) in [5.74, 6) is 4.77. The Labute approximate surface area is 90.3 Å². The second-order valence-corrected chi connectivity index (χ2v) is 3.27. The number of aromatic carboxylic acids is 1. The predicted octanol–water partition coefficient (Wildman–Crippen LogP) is 1.92. The van der Waals surface area contributed by atoms with Crippen LogP contribution in [0.2, 0.25) is 0 Å². The molecule has 0 bridgehead atoms. The SMILES string of the molecule is O=C(O)c1ccc(C#CCCBr)cn1. The molecule has 4 heteroatoms. The number of aromatic nitrogens is 1. The van der Waals surface area contributed by atoms with E-state index in [1.165, 1.54) is 12.3 Å². The predicted molar refractivity (Wildman–Crippen MR) is 56.5 cm³/mol. The Bertz CT molecular complexity index is 375. The van der Waals surface area contributed by atoms with Crippen molar-refractivity contribution in [3.05, 3.63) is 29.6 Å². The van der Waals surface area contributed by atoms with Crippen molar-refractivity contribution in [2.45, 2.75) is 6.42 Å². The molecule has 1 rings (SSSR count). The maximum absolute atomic E-state index is 10.5. The number of pyridine rings is 1. The first kappa shape index (κ1) is 10.7. The second-order valence-electron chi connectivity index (χ2n) is 2.48. The second kappa shape index (κ2) is 5.40. The number of hydrogen-bond donors (Lipinski definition) is 1. The number of nitrogens with zero attached hydrogens (tertiary/aromatic N) is 1. The number of carboxylic acids is 1. The Balaban J connectivity index is 2.75. The van der Waals surface area contributed by atoms with Crippen LogP contribution in [0.4, 0.5) is 0 Å². The van der Waals surface area contributed by atoms with Gasteiger partial charge in [-0.15, -0.1) is 0 Å². The maximum atomic E-state index is 10.5. The molecule has 0 spiro atoms. The monoisotopic (exact) mass is 253 g/mol. The van der Waals surface area contributed by atoms with Gasteiger partial charge in [-0.25, -0.2) is 9.78 Å². The lowest BCUT2D eigenvalue weighted by Crippen LogP contribution is -1.99. The fourth-order valence-corrected chi connectivity index (χ4v) is 1.00. The van der Waals surface area contributed by atoms with E-state index in [2.05, 4.69) is 32.8 Å². The summed E-state index contributed by atoms with van der Waals surface area (Å²) in [7, 11) is 0. The Morgan fingerprint density at radius 3 is 2.86 bits per heavy atom. The molecule has 72 valence electrons. The van der Waals surface area contributed by atoms with Crippen LogP contribution in [-0.2, 0) is 0 Å². The van der Waals surface area contributed by atoms with E-state index < -0.39 is 5.97 Å². The maximum Gasteiger partial charge on any atom is 0.354 e. The third-order valence-electron chi connectivity index (χ3n) is 1.43. The van der Waals surface area contributed by atoms with Crippen molar-refractivity contribution < 1.29 is 9.90 Å². The van der Waals surface area contributed by atoms with Gasteiger partial charge in [0.1, 0.15) is 5.69 Å². The van der Waals surface area contributed by atoms with Gasteiger partial charge in [0.2, 0.25) is 0 Å². The van der Waals surface area contributed by atoms with Crippen LogP contribution in [0.15, 0.2) is 18.3 Å². The lowest BCUT2D eigenvalue weighted by Gasteiger charge is -1.92. The van der Waals surface area contributed by atoms with E-state index in [0.29, 0.717) is 0 Å². The van der Waals surface area contributed by atoms with Crippen LogP contribution in [0.1, 0.15) is 22.5 Å². The van der Waals surface area contributed by atoms with E-state index in [-0.39, 0.29) is 5.69 Å². The number of alkyl halides is 1. The molecule has 0 aliphatic heterocycles. The van der Waals surface area contributed by atoms with Gasteiger partial charge >= 0.3 is 5.97 Å². The molecule has 0 saturated carbocycles. The highest BCUT2D eigenvalue weighted by molar-refractivity contribution is 9.09. The van der Waals surface area contributed by atoms with Gasteiger partial charge in [0.25, 0.3) is 0 Å². The van der Waals surface area contributed by atoms with E-state index in [1.807, 2.05) is 0 Å². The molecule has 1 heterocycles. The van der Waals surface area contributed by atoms with Gasteiger partial charge in [0.15, 0.2) is 0 Å². The summed E-state index contributed by atoms with van der Waals surface area (Å²) in [5, 5.41) is 9.42. The summed E-state index contributed by atoms with van der Waals surface area (Å²) in [6, 6.07) is 3.10. The molecule has 14 heavy (non-hydrogen) atoms. The van der Waals surface area contributed by atoms with Crippen molar-refractivity contribution in [3.63, 3.8) is 0 Å². The quantitative estimate of drug-likeness (QED) is 0.647. The zero-order valence-electron chi connectivity index (χ0n) is 7.33. The van der Waals surface area contributed by atoms with Gasteiger partial charge in [-0.05, 0) is 12.1 Å². The Morgan fingerprint density at radius 1 is 1.57 bits per heavy atom. The molecule has 1 aromatic heterocycles. The molecule has 0 aliphatic carbocycles. The molecule has 0 atom stereocenters. The van der Waals surface area contributed by atoms with E-state index in [1.54, 1.807) is 6.07 Å². The standard InChI is InChI=1S/C10H8BrNO2/c11-6-2-1-3-8-4-5-9(10(13)14)12-7-8/h4-5,7H,2,6H2,(H,13,14). The first-order valence-corrected chi connectivity index (χ1v) is 5.10. The van der Waals surface area contributed by atoms with Crippen LogP contribution in [-0.4, -0.2) is 21.4 Å². The molecule has 0 saturated heterocycles. The van der Waals surface area contributed by atoms with Gasteiger partial charge in [-0.2, -0.15) is 0 Å². The summed E-state index contributed by atoms with van der Waals surface area (Å²) < 4.78 is 0. The Hall–Kier alpha value is -1.34. The van der Waals surface area contributed by atoms with Crippen molar-refractivity contribution in [2.24, 2.45) is 0 Å². The molecule has 0 unspecified atom stereocenters. The average molecular weight is 254 g/mol. The molecule has 0 radical (unpaired) electrons. The fourth-order valence-electron chi connectivity index (χ4n) is 0.806. The molecule has 0 aliphatic rings. The molecule has 1 aromatic rings. The van der Waals surface area contributed by atoms with Crippen molar-refractivity contribution >= 4 is 21.9 Å². The molecule has 0 amide bonds. The number of hydrogen-bond acceptors (Lipinski definition) is 2. The van der Waals surface area contributed by atoms with Gasteiger partial charge in [-0.1, -0.05) is 27.8 Å². The summed E-state index contributed by atoms with van der Waals surface area (Å²) in [4.78, 5) is 14.2. The highest BCUT2D eigenvalue weighted by atomic mass is 79.9. The van der Waals surface area contributed by atoms with Crippen molar-refractivity contribution in [1.29, 1.82) is 0 Å². The van der Waals surface area contributed by atoms with Crippen LogP contribution < -0.4 is 0 Å². The van der Waals surface area contributed by atoms with E-state index in [0.717, 1.165) is 17.3 Å². The van der Waals surface area contributed by atoms with Gasteiger partial charge < -0.3 is 5.11 Å². The van der Waals surface area contributed by atoms with Crippen molar-refractivity contribution in [2.75, 3.05) is 5.33 Å². The summed E-state index contributed by atoms with van der Waals surface area (Å²) >= 11 is 3.26. The van der Waals surface area contributed by atoms with E-state index >= 15 is 0 Å². The van der Waals surface area contributed by atoms with Crippen LogP contribution in [0, 0.1) is 11.8 Å². The van der Waals surface area contributed by atoms with Crippen LogP contribution in [0.3, 0.4) is 0 Å². The summed E-state index contributed by atoms with van der Waals surface area (Å²) in [6.07, 6.45) is 2.23. The molecule has 0 fully saturated rings. The first-order chi connectivity index (χ1) is 6.74. The summed E-state index contributed by atoms with van der Waals surface area (Å²) in [6.45, 7) is 0. The lowest BCUT2D eigenvalue weighted by atomic mass is 10.2. The Morgan fingerprint density at radius 2 is 2.36 bits per heavy atom. The summed E-state index contributed by atoms with van der Waals surface area (Å²) in [5.41, 5.74) is 0.770. The molecule has 1 N–H and O–H groups in total. The minimum absolute atomic E-state index is 0.0380. The van der Waals surface area contributed by atoms with Crippen molar-refractivity contribution in [1.82, 2.24) is 4.98 Å². The van der Waals surface area contributed by atoms with Crippen LogP contribution >= 0.6 is 15.9 Å². The van der Waals surface area contributed by atoms with E-state index in [4.69, 9.17) is 5.11 Å². The largest absolute Gasteiger partial charge is 0.477 e. The van der Waals surface area contributed by atoms with Crippen LogP contribution in [0.5, 0.6) is 0 Å². The zero-order chi connectivity index (χ0) is 10.4. The van der Waals surface area contributed by atoms with Gasteiger partial charge in [0.05, 0.1) is 0 Å². The third kappa shape index (κ3) is 3.19. The number of rotatable bonds is 2. The average Bonchev–Trinajstić information content (AvgIpc) is 2.19. The minimum atomic E-state index is -1.02. The normalized spacial score (nSPS) is 8.93. The number of carbonyl (C=O) groups is 1.